The molecule has 8 heteroatoms. The molecule has 2 aliphatic heterocycles. The molecular weight excluding hydrogens is 346 g/mol. The van der Waals surface area contributed by atoms with Gasteiger partial charge in [0.05, 0.1) is 12.2 Å². The molecule has 2 fully saturated rings. The number of rotatable bonds is 4. The molecule has 4 heterocycles. The Morgan fingerprint density at radius 2 is 2.11 bits per heavy atom. The minimum atomic E-state index is -0.215. The van der Waals surface area contributed by atoms with Gasteiger partial charge in [-0.25, -0.2) is 9.78 Å². The first kappa shape index (κ1) is 17.6. The Kier molecular flexibility index (Phi) is 4.87. The fourth-order valence-electron chi connectivity index (χ4n) is 3.53. The number of likely N-dealkylation sites (tertiary alicyclic amines) is 1. The number of urea groups is 1. The zero-order chi connectivity index (χ0) is 18.8. The number of pyridine rings is 1. The Bertz CT molecular complexity index is 796. The van der Waals surface area contributed by atoms with Crippen molar-refractivity contribution in [1.29, 1.82) is 0 Å². The lowest BCUT2D eigenvalue weighted by Gasteiger charge is -2.22. The maximum atomic E-state index is 12.4. The molecule has 0 radical (unpaired) electrons. The van der Waals surface area contributed by atoms with Gasteiger partial charge in [0.25, 0.3) is 0 Å². The number of oxazole rings is 1. The second-order valence-corrected chi connectivity index (χ2v) is 7.08. The summed E-state index contributed by atoms with van der Waals surface area (Å²) in [4.78, 5) is 25.1. The van der Waals surface area contributed by atoms with Crippen LogP contribution in [0.25, 0.3) is 0 Å². The zero-order valence-corrected chi connectivity index (χ0v) is 15.8. The fraction of sp³-hybridized carbons (Fsp3) is 0.526. The highest BCUT2D eigenvalue weighted by atomic mass is 16.5. The van der Waals surface area contributed by atoms with E-state index in [2.05, 4.69) is 20.2 Å². The van der Waals surface area contributed by atoms with Crippen LogP contribution in [0, 0.1) is 13.8 Å². The summed E-state index contributed by atoms with van der Waals surface area (Å²) in [5.74, 6) is 2.41. The van der Waals surface area contributed by atoms with Gasteiger partial charge in [0.15, 0.2) is 11.6 Å². The molecule has 0 unspecified atom stereocenters. The number of amides is 2. The molecular formula is C19H25N5O3. The molecule has 2 amide bonds. The van der Waals surface area contributed by atoms with Gasteiger partial charge in [0.2, 0.25) is 0 Å². The van der Waals surface area contributed by atoms with Crippen molar-refractivity contribution in [3.05, 3.63) is 29.8 Å². The summed E-state index contributed by atoms with van der Waals surface area (Å²) < 4.78 is 11.6. The molecule has 2 saturated heterocycles. The van der Waals surface area contributed by atoms with Crippen LogP contribution in [0.5, 0.6) is 5.75 Å². The van der Waals surface area contributed by atoms with Crippen molar-refractivity contribution < 1.29 is 13.9 Å². The average molecular weight is 371 g/mol. The third kappa shape index (κ3) is 3.84. The Labute approximate surface area is 158 Å². The fourth-order valence-corrected chi connectivity index (χ4v) is 3.53. The molecule has 2 aromatic rings. The van der Waals surface area contributed by atoms with E-state index in [4.69, 9.17) is 9.15 Å². The lowest BCUT2D eigenvalue weighted by molar-refractivity contribution is 0.194. The smallest absolute Gasteiger partial charge is 0.325 e. The molecule has 1 atom stereocenters. The van der Waals surface area contributed by atoms with E-state index in [0.29, 0.717) is 18.8 Å². The summed E-state index contributed by atoms with van der Waals surface area (Å²) >= 11 is 0. The van der Waals surface area contributed by atoms with Crippen LogP contribution in [0.1, 0.15) is 30.7 Å². The molecule has 1 N–H and O–H groups in total. The van der Waals surface area contributed by atoms with Gasteiger partial charge in [-0.05, 0) is 38.8 Å². The van der Waals surface area contributed by atoms with Crippen molar-refractivity contribution in [2.24, 2.45) is 0 Å². The summed E-state index contributed by atoms with van der Waals surface area (Å²) in [6, 6.07) is 3.87. The third-order valence-electron chi connectivity index (χ3n) is 5.12. The van der Waals surface area contributed by atoms with Crippen LogP contribution in [0.3, 0.4) is 0 Å². The first-order valence-corrected chi connectivity index (χ1v) is 9.47. The van der Waals surface area contributed by atoms with Gasteiger partial charge in [0.1, 0.15) is 11.9 Å². The average Bonchev–Trinajstić information content (AvgIpc) is 3.38. The molecule has 2 aliphatic rings. The molecule has 144 valence electrons. The number of nitrogens with zero attached hydrogens (tertiary/aromatic N) is 4. The normalized spacial score (nSPS) is 19.6. The summed E-state index contributed by atoms with van der Waals surface area (Å²) in [6.45, 7) is 6.86. The largest absolute Gasteiger partial charge is 0.485 e. The van der Waals surface area contributed by atoms with Gasteiger partial charge >= 0.3 is 12.0 Å². The van der Waals surface area contributed by atoms with E-state index in [1.54, 1.807) is 11.1 Å². The standard InChI is InChI=1S/C19H25N5O3/c1-13-14(2)26-18(21-13)22-19(25)24-11-7-15(12-24)27-16-6-5-8-20-17(16)23-9-3-4-10-23/h5-6,8,15H,3-4,7,9-12H2,1-2H3,(H,21,22,25)/t15-/m1/s1. The Morgan fingerprint density at radius 1 is 1.30 bits per heavy atom. The van der Waals surface area contributed by atoms with Crippen LogP contribution >= 0.6 is 0 Å². The quantitative estimate of drug-likeness (QED) is 0.890. The van der Waals surface area contributed by atoms with E-state index in [-0.39, 0.29) is 18.1 Å². The van der Waals surface area contributed by atoms with E-state index in [9.17, 15) is 4.79 Å². The predicted molar refractivity (Wildman–Crippen MR) is 101 cm³/mol. The number of anilines is 2. The van der Waals surface area contributed by atoms with Gasteiger partial charge in [-0.1, -0.05) is 0 Å². The van der Waals surface area contributed by atoms with Crippen molar-refractivity contribution in [2.75, 3.05) is 36.4 Å². The minimum absolute atomic E-state index is 0.0469. The summed E-state index contributed by atoms with van der Waals surface area (Å²) in [6.07, 6.45) is 4.91. The number of hydrogen-bond donors (Lipinski definition) is 1. The van der Waals surface area contributed by atoms with E-state index in [1.807, 2.05) is 26.0 Å². The predicted octanol–water partition coefficient (Wildman–Crippen LogP) is 2.97. The van der Waals surface area contributed by atoms with Gasteiger partial charge < -0.3 is 19.0 Å². The van der Waals surface area contributed by atoms with E-state index >= 15 is 0 Å². The van der Waals surface area contributed by atoms with E-state index in [0.717, 1.165) is 36.8 Å². The highest BCUT2D eigenvalue weighted by Crippen LogP contribution is 2.30. The number of ether oxygens (including phenoxy) is 1. The lowest BCUT2D eigenvalue weighted by atomic mass is 10.3. The lowest BCUT2D eigenvalue weighted by Crippen LogP contribution is -2.34. The number of carbonyl (C=O) groups is 1. The molecule has 0 saturated carbocycles. The summed E-state index contributed by atoms with van der Waals surface area (Å²) in [5.41, 5.74) is 0.777. The first-order chi connectivity index (χ1) is 13.1. The second kappa shape index (κ2) is 7.46. The molecule has 0 aromatic carbocycles. The third-order valence-corrected chi connectivity index (χ3v) is 5.12. The monoisotopic (exact) mass is 371 g/mol. The SMILES string of the molecule is Cc1nc(NC(=O)N2CC[C@@H](Oc3cccnc3N3CCCC3)C2)oc1C. The number of carbonyl (C=O) groups excluding carboxylic acids is 1. The Hall–Kier alpha value is -2.77. The molecule has 0 bridgehead atoms. The van der Waals surface area contributed by atoms with Crippen molar-refractivity contribution in [3.8, 4) is 5.75 Å². The number of nitrogens with one attached hydrogen (secondary N) is 1. The first-order valence-electron chi connectivity index (χ1n) is 9.47. The summed E-state index contributed by atoms with van der Waals surface area (Å²) in [7, 11) is 0. The van der Waals surface area contributed by atoms with Crippen molar-refractivity contribution in [3.63, 3.8) is 0 Å². The van der Waals surface area contributed by atoms with Crippen LogP contribution in [0.15, 0.2) is 22.7 Å². The molecule has 2 aromatic heterocycles. The highest BCUT2D eigenvalue weighted by molar-refractivity contribution is 5.87. The van der Waals surface area contributed by atoms with Crippen LogP contribution in [0.2, 0.25) is 0 Å². The Morgan fingerprint density at radius 3 is 2.85 bits per heavy atom. The van der Waals surface area contributed by atoms with Crippen LogP contribution in [-0.2, 0) is 0 Å². The highest BCUT2D eigenvalue weighted by Gasteiger charge is 2.29. The summed E-state index contributed by atoms with van der Waals surface area (Å²) in [5, 5.41) is 2.72. The van der Waals surface area contributed by atoms with Crippen molar-refractivity contribution in [1.82, 2.24) is 14.9 Å². The minimum Gasteiger partial charge on any atom is -0.485 e. The zero-order valence-electron chi connectivity index (χ0n) is 15.8. The number of hydrogen-bond acceptors (Lipinski definition) is 6. The molecule has 0 spiro atoms. The molecule has 0 aliphatic carbocycles. The molecule has 4 rings (SSSR count). The maximum Gasteiger partial charge on any atom is 0.325 e. The van der Waals surface area contributed by atoms with Gasteiger partial charge in [0, 0.05) is 32.3 Å². The number of aryl methyl sites for hydroxylation is 2. The maximum absolute atomic E-state index is 12.4. The van der Waals surface area contributed by atoms with Crippen molar-refractivity contribution >= 4 is 17.9 Å². The van der Waals surface area contributed by atoms with E-state index in [1.165, 1.54) is 12.8 Å². The van der Waals surface area contributed by atoms with Crippen molar-refractivity contribution in [2.45, 2.75) is 39.2 Å². The molecule has 8 nitrogen and oxygen atoms in total. The van der Waals surface area contributed by atoms with Gasteiger partial charge in [-0.3, -0.25) is 5.32 Å². The van der Waals surface area contributed by atoms with Crippen LogP contribution in [0.4, 0.5) is 16.6 Å². The molecule has 27 heavy (non-hydrogen) atoms. The number of aromatic nitrogens is 2. The Balaban J connectivity index is 1.36. The topological polar surface area (TPSA) is 83.7 Å². The van der Waals surface area contributed by atoms with Gasteiger partial charge in [-0.2, -0.15) is 4.98 Å². The van der Waals surface area contributed by atoms with Gasteiger partial charge in [-0.15, -0.1) is 0 Å². The second-order valence-electron chi connectivity index (χ2n) is 7.08. The van der Waals surface area contributed by atoms with Crippen LogP contribution < -0.4 is 15.0 Å². The van der Waals surface area contributed by atoms with Crippen LogP contribution in [-0.4, -0.2) is 53.2 Å². The van der Waals surface area contributed by atoms with E-state index < -0.39 is 0 Å².